The van der Waals surface area contributed by atoms with Gasteiger partial charge in [0.25, 0.3) is 10.1 Å². The van der Waals surface area contributed by atoms with Gasteiger partial charge in [-0.2, -0.15) is 8.42 Å². The number of benzene rings is 3. The Bertz CT molecular complexity index is 2020. The number of ketones is 1. The van der Waals surface area contributed by atoms with Gasteiger partial charge in [-0.25, -0.2) is 4.79 Å². The average Bonchev–Trinajstić information content (AvgIpc) is 3.49. The number of piperidine rings is 4. The van der Waals surface area contributed by atoms with Gasteiger partial charge in [-0.3, -0.25) is 19.1 Å². The van der Waals surface area contributed by atoms with Gasteiger partial charge in [0.2, 0.25) is 0 Å². The molecule has 0 saturated carbocycles. The van der Waals surface area contributed by atoms with E-state index in [0.29, 0.717) is 42.3 Å². The van der Waals surface area contributed by atoms with E-state index < -0.39 is 10.1 Å². The molecule has 6 aliphatic rings. The molecule has 258 valence electrons. The predicted molar refractivity (Wildman–Crippen MR) is 184 cm³/mol. The lowest BCUT2D eigenvalue weighted by Crippen LogP contribution is -2.63. The Hall–Kier alpha value is -4.23. The number of phenolic OH excluding ortho intramolecular Hbond substituents is 2. The number of carbonyl (C=O) groups is 2. The minimum absolute atomic E-state index is 0.0163. The van der Waals surface area contributed by atoms with Crippen LogP contribution >= 0.6 is 0 Å². The van der Waals surface area contributed by atoms with E-state index in [4.69, 9.17) is 9.29 Å². The molecule has 3 aromatic carbocycles. The molecule has 12 heteroatoms. The topological polar surface area (TPSA) is 160 Å². The number of fused-ring (bicyclic) bond motifs is 4. The molecule has 4 bridgehead atoms. The van der Waals surface area contributed by atoms with Crippen LogP contribution in [0.5, 0.6) is 11.5 Å². The predicted octanol–water partition coefficient (Wildman–Crippen LogP) is 4.87. The van der Waals surface area contributed by atoms with E-state index in [9.17, 15) is 28.2 Å². The van der Waals surface area contributed by atoms with E-state index in [1.807, 2.05) is 30.3 Å². The second-order valence-electron chi connectivity index (χ2n) is 13.9. The second-order valence-corrected chi connectivity index (χ2v) is 15.4. The molecule has 3 unspecified atom stereocenters. The quantitative estimate of drug-likeness (QED) is 0.130. The van der Waals surface area contributed by atoms with Crippen LogP contribution in [0.15, 0.2) is 60.8 Å². The molecule has 4 fully saturated rings. The lowest BCUT2D eigenvalue weighted by molar-refractivity contribution is -0.145. The van der Waals surface area contributed by atoms with Crippen molar-refractivity contribution in [2.45, 2.75) is 62.8 Å². The Balaban J connectivity index is 0.000000138. The van der Waals surface area contributed by atoms with Gasteiger partial charge >= 0.3 is 5.97 Å². The number of H-pyrrole nitrogens is 1. The fourth-order valence-corrected chi connectivity index (χ4v) is 8.54. The van der Waals surface area contributed by atoms with Gasteiger partial charge in [0, 0.05) is 66.1 Å². The summed E-state index contributed by atoms with van der Waals surface area (Å²) in [5.41, 5.74) is 7.27. The van der Waals surface area contributed by atoms with Gasteiger partial charge in [-0.15, -0.1) is 0 Å². The summed E-state index contributed by atoms with van der Waals surface area (Å²) >= 11 is 0. The van der Waals surface area contributed by atoms with E-state index in [2.05, 4.69) is 40.0 Å². The maximum atomic E-state index is 12.6. The van der Waals surface area contributed by atoms with Crippen molar-refractivity contribution in [3.8, 4) is 22.6 Å². The third-order valence-electron chi connectivity index (χ3n) is 10.7. The first-order valence-corrected chi connectivity index (χ1v) is 18.5. The smallest absolute Gasteiger partial charge is 0.340 e. The van der Waals surface area contributed by atoms with Gasteiger partial charge in [0.1, 0.15) is 11.9 Å². The molecular formula is C37H41N3O8S. The Kier molecular flexibility index (Phi) is 8.76. The highest BCUT2D eigenvalue weighted by atomic mass is 32.2. The third kappa shape index (κ3) is 6.58. The number of esters is 1. The Morgan fingerprint density at radius 2 is 1.67 bits per heavy atom. The molecule has 1 aromatic heterocycles. The number of aromatic amines is 1. The Morgan fingerprint density at radius 3 is 2.39 bits per heavy atom. The number of rotatable bonds is 2. The number of aromatic hydroxyl groups is 2. The molecule has 0 spiro atoms. The first kappa shape index (κ1) is 33.3. The van der Waals surface area contributed by atoms with Crippen molar-refractivity contribution in [2.75, 3.05) is 26.4 Å². The first-order chi connectivity index (χ1) is 23.4. The molecular weight excluding hydrogens is 646 g/mol. The zero-order valence-electron chi connectivity index (χ0n) is 27.5. The van der Waals surface area contributed by atoms with Crippen molar-refractivity contribution in [2.24, 2.45) is 5.92 Å². The number of nitrogens with zero attached hydrogens (tertiary/aromatic N) is 2. The van der Waals surface area contributed by atoms with Crippen LogP contribution in [0.1, 0.15) is 58.8 Å². The highest BCUT2D eigenvalue weighted by molar-refractivity contribution is 7.85. The molecule has 6 atom stereocenters. The zero-order chi connectivity index (χ0) is 34.6. The maximum Gasteiger partial charge on any atom is 0.340 e. The van der Waals surface area contributed by atoms with Crippen molar-refractivity contribution >= 4 is 32.8 Å². The summed E-state index contributed by atoms with van der Waals surface area (Å²) in [5.74, 6) is 0.382. The van der Waals surface area contributed by atoms with Crippen LogP contribution in [-0.2, 0) is 32.5 Å². The molecule has 10 rings (SSSR count). The number of para-hydroxylation sites is 1. The monoisotopic (exact) mass is 687 g/mol. The van der Waals surface area contributed by atoms with E-state index in [1.165, 1.54) is 11.1 Å². The highest BCUT2D eigenvalue weighted by Gasteiger charge is 2.49. The lowest BCUT2D eigenvalue weighted by atomic mass is 9.72. The average molecular weight is 688 g/mol. The maximum absolute atomic E-state index is 12.6. The number of aromatic nitrogens is 1. The summed E-state index contributed by atoms with van der Waals surface area (Å²) in [5, 5.41) is 21.0. The molecule has 4 N–H and O–H groups in total. The SMILES string of the molecule is CN1CCc2cccc3c2[C@H]1Cc1ccc(O)c(O)c1-3.CS(=O)(=O)O.O=C(OC1C[C@@H]2CC3C[C@H](C1)N2CC3=O)c1c[nH]c2ccccc12. The van der Waals surface area contributed by atoms with E-state index >= 15 is 0 Å². The summed E-state index contributed by atoms with van der Waals surface area (Å²) in [4.78, 5) is 32.4. The van der Waals surface area contributed by atoms with Crippen molar-refractivity contribution < 1.29 is 37.5 Å². The van der Waals surface area contributed by atoms with Crippen LogP contribution in [-0.4, -0.2) is 94.3 Å². The number of phenols is 2. The van der Waals surface area contributed by atoms with Gasteiger partial charge in [-0.05, 0) is 67.1 Å². The third-order valence-corrected chi connectivity index (χ3v) is 10.7. The molecule has 5 aliphatic heterocycles. The van der Waals surface area contributed by atoms with Crippen LogP contribution in [0.4, 0.5) is 0 Å². The standard InChI is InChI=1S/C19H20N2O3.C17H17NO2.CH4O3S/c22-18-10-21-12-5-11(18)6-13(21)8-14(7-12)24-19(23)16-9-20-17-4-2-1-3-15(16)17;1-18-8-7-10-3-2-4-12-15(10)13(18)9-11-5-6-14(19)17(20)16(11)12;1-5(2,3)4/h1-4,9,11-14,20H,5-8,10H2;2-6,13,19-20H,7-9H2,1H3;1H3,(H,2,3,4)/t11?,12-,13+,14?;13-;/m.1./s1. The van der Waals surface area contributed by atoms with Crippen LogP contribution in [0.3, 0.4) is 0 Å². The van der Waals surface area contributed by atoms with Crippen molar-refractivity contribution in [1.82, 2.24) is 14.8 Å². The Labute approximate surface area is 285 Å². The fraction of sp³-hybridized carbons (Fsp3) is 0.405. The van der Waals surface area contributed by atoms with Crippen LogP contribution < -0.4 is 0 Å². The molecule has 0 radical (unpaired) electrons. The molecule has 0 amide bonds. The van der Waals surface area contributed by atoms with Gasteiger partial charge < -0.3 is 19.9 Å². The first-order valence-electron chi connectivity index (χ1n) is 16.7. The number of hydrogen-bond donors (Lipinski definition) is 4. The number of ether oxygens (including phenoxy) is 1. The number of nitrogens with one attached hydrogen (secondary N) is 1. The van der Waals surface area contributed by atoms with Crippen molar-refractivity contribution in [3.05, 3.63) is 83.0 Å². The number of carbonyl (C=O) groups excluding carboxylic acids is 2. The summed E-state index contributed by atoms with van der Waals surface area (Å²) in [7, 11) is -1.50. The molecule has 6 heterocycles. The van der Waals surface area contributed by atoms with Crippen LogP contribution in [0.25, 0.3) is 22.0 Å². The minimum Gasteiger partial charge on any atom is -0.504 e. The number of hydrogen-bond acceptors (Lipinski definition) is 9. The highest BCUT2D eigenvalue weighted by Crippen LogP contribution is 2.50. The minimum atomic E-state index is -3.67. The van der Waals surface area contributed by atoms with Gasteiger partial charge in [0.05, 0.1) is 18.4 Å². The van der Waals surface area contributed by atoms with Crippen molar-refractivity contribution in [1.29, 1.82) is 0 Å². The summed E-state index contributed by atoms with van der Waals surface area (Å²) in [6.45, 7) is 1.67. The van der Waals surface area contributed by atoms with E-state index in [1.54, 1.807) is 12.3 Å². The van der Waals surface area contributed by atoms with E-state index in [0.717, 1.165) is 72.7 Å². The second kappa shape index (κ2) is 12.9. The zero-order valence-corrected chi connectivity index (χ0v) is 28.3. The largest absolute Gasteiger partial charge is 0.504 e. The molecule has 49 heavy (non-hydrogen) atoms. The Morgan fingerprint density at radius 1 is 0.959 bits per heavy atom. The summed E-state index contributed by atoms with van der Waals surface area (Å²) in [6.07, 6.45) is 7.95. The number of likely N-dealkylation sites (N-methyl/N-ethyl adjacent to an activating group) is 1. The van der Waals surface area contributed by atoms with Crippen molar-refractivity contribution in [3.63, 3.8) is 0 Å². The molecule has 1 aliphatic carbocycles. The number of Topliss-reactive ketones (excluding diaryl/α,β-unsaturated/α-hetero) is 1. The normalized spacial score (nSPS) is 26.4. The van der Waals surface area contributed by atoms with Crippen LogP contribution in [0, 0.1) is 5.92 Å². The molecule has 11 nitrogen and oxygen atoms in total. The summed E-state index contributed by atoms with van der Waals surface area (Å²) < 4.78 is 31.7. The fourth-order valence-electron chi connectivity index (χ4n) is 8.54. The lowest BCUT2D eigenvalue weighted by Gasteiger charge is -2.54. The molecule has 4 aromatic rings. The van der Waals surface area contributed by atoms with Crippen LogP contribution in [0.2, 0.25) is 0 Å². The molecule has 4 saturated heterocycles. The van der Waals surface area contributed by atoms with E-state index in [-0.39, 0.29) is 29.5 Å². The van der Waals surface area contributed by atoms with Gasteiger partial charge in [0.15, 0.2) is 11.5 Å². The van der Waals surface area contributed by atoms with Gasteiger partial charge in [-0.1, -0.05) is 42.5 Å². The summed E-state index contributed by atoms with van der Waals surface area (Å²) in [6, 6.07) is 18.8.